The van der Waals surface area contributed by atoms with Crippen molar-refractivity contribution in [3.8, 4) is 18.2 Å². The molecule has 0 saturated carbocycles. The first-order chi connectivity index (χ1) is 16.2. The molecule has 1 aliphatic heterocycles. The average molecular weight is 485 g/mol. The van der Waals surface area contributed by atoms with Crippen LogP contribution >= 0.6 is 0 Å². The van der Waals surface area contributed by atoms with Crippen LogP contribution in [0.25, 0.3) is 0 Å². The van der Waals surface area contributed by atoms with E-state index in [9.17, 15) is 9.00 Å². The molecule has 11 heteroatoms. The number of amides is 2. The van der Waals surface area contributed by atoms with E-state index in [1.54, 1.807) is 0 Å². The van der Waals surface area contributed by atoms with Crippen molar-refractivity contribution in [2.24, 2.45) is 9.50 Å². The monoisotopic (exact) mass is 484 g/mol. The van der Waals surface area contributed by atoms with Gasteiger partial charge in [-0.15, -0.1) is 10.8 Å². The summed E-state index contributed by atoms with van der Waals surface area (Å²) in [6.07, 6.45) is 10.8. The van der Waals surface area contributed by atoms with E-state index in [4.69, 9.17) is 26.0 Å². The summed E-state index contributed by atoms with van der Waals surface area (Å²) in [6.45, 7) is 5.06. The van der Waals surface area contributed by atoms with Gasteiger partial charge in [-0.3, -0.25) is 4.98 Å². The van der Waals surface area contributed by atoms with Gasteiger partial charge in [0.2, 0.25) is 5.88 Å². The van der Waals surface area contributed by atoms with Crippen molar-refractivity contribution < 1.29 is 18.5 Å². The van der Waals surface area contributed by atoms with Crippen LogP contribution in [0.1, 0.15) is 49.2 Å². The number of aryl methyl sites for hydroxylation is 1. The number of aromatic nitrogens is 3. The van der Waals surface area contributed by atoms with E-state index in [2.05, 4.69) is 34.5 Å². The molecule has 2 aliphatic carbocycles. The highest BCUT2D eigenvalue weighted by atomic mass is 32.2. The smallest absolute Gasteiger partial charge is 0.354 e. The lowest BCUT2D eigenvalue weighted by Crippen LogP contribution is -2.33. The van der Waals surface area contributed by atoms with E-state index in [-0.39, 0.29) is 35.5 Å². The van der Waals surface area contributed by atoms with Crippen LogP contribution in [0.3, 0.4) is 0 Å². The van der Waals surface area contributed by atoms with E-state index in [1.165, 1.54) is 10.9 Å². The van der Waals surface area contributed by atoms with Crippen molar-refractivity contribution in [2.75, 3.05) is 18.5 Å². The standard InChI is InChI=1S/C23H28N6O4S/c1-4-10-32-14-12-29-21(33-13-14)18(11-25-29)34(24,31)28-22(30)27-19-15-6-5-7-17(15)26-20-16(19)8-9-23(20,2)3/h1,11,14H,5-10,12-13H2,2-3H3,(H3,24,26,27,28,30,31). The maximum Gasteiger partial charge on any atom is 0.354 e. The minimum absolute atomic E-state index is 0.0542. The molecule has 0 saturated heterocycles. The summed E-state index contributed by atoms with van der Waals surface area (Å²) >= 11 is 0. The summed E-state index contributed by atoms with van der Waals surface area (Å²) < 4.78 is 29.8. The zero-order valence-electron chi connectivity index (χ0n) is 19.3. The second-order valence-electron chi connectivity index (χ2n) is 9.51. The van der Waals surface area contributed by atoms with Crippen molar-refractivity contribution in [2.45, 2.75) is 68.9 Å². The summed E-state index contributed by atoms with van der Waals surface area (Å²) in [5.41, 5.74) is 4.85. The first kappa shape index (κ1) is 22.8. The first-order valence-corrected chi connectivity index (χ1v) is 12.9. The van der Waals surface area contributed by atoms with Crippen LogP contribution in [-0.4, -0.2) is 44.3 Å². The molecular formula is C23H28N6O4S. The topological polar surface area (TPSA) is 134 Å². The third kappa shape index (κ3) is 3.96. The van der Waals surface area contributed by atoms with E-state index >= 15 is 0 Å². The van der Waals surface area contributed by atoms with Crippen LogP contribution in [-0.2, 0) is 45.9 Å². The Morgan fingerprint density at radius 2 is 2.26 bits per heavy atom. The molecule has 0 bridgehead atoms. The number of nitrogens with one attached hydrogen (secondary N) is 1. The Kier molecular flexibility index (Phi) is 5.62. The fourth-order valence-electron chi connectivity index (χ4n) is 4.95. The Labute approximate surface area is 198 Å². The summed E-state index contributed by atoms with van der Waals surface area (Å²) in [5.74, 6) is 2.63. The first-order valence-electron chi connectivity index (χ1n) is 11.3. The van der Waals surface area contributed by atoms with E-state index < -0.39 is 15.9 Å². The Morgan fingerprint density at radius 3 is 3.06 bits per heavy atom. The van der Waals surface area contributed by atoms with Crippen molar-refractivity contribution in [1.82, 2.24) is 14.8 Å². The normalized spacial score (nSPS) is 21.4. The predicted molar refractivity (Wildman–Crippen MR) is 126 cm³/mol. The SMILES string of the molecule is C#CCOC1COc2c(S(N)(=O)=NC(=O)Nc3c4c(nc5c3CCC5(C)C)CCC4)cnn2C1. The molecule has 3 aliphatic rings. The molecule has 0 radical (unpaired) electrons. The van der Waals surface area contributed by atoms with E-state index in [1.807, 2.05) is 0 Å². The van der Waals surface area contributed by atoms with Gasteiger partial charge in [0, 0.05) is 11.1 Å². The molecular weight excluding hydrogens is 456 g/mol. The Morgan fingerprint density at radius 1 is 1.44 bits per heavy atom. The molecule has 180 valence electrons. The number of hydrogen-bond donors (Lipinski definition) is 2. The maximum absolute atomic E-state index is 13.3. The number of pyridine rings is 1. The number of fused-ring (bicyclic) bond motifs is 3. The van der Waals surface area contributed by atoms with Gasteiger partial charge in [0.15, 0.2) is 9.92 Å². The fraction of sp³-hybridized carbons (Fsp3) is 0.522. The molecule has 0 spiro atoms. The zero-order chi connectivity index (χ0) is 24.1. The second-order valence-corrected chi connectivity index (χ2v) is 11.3. The molecule has 2 atom stereocenters. The third-order valence-corrected chi connectivity index (χ3v) is 8.02. The molecule has 10 nitrogen and oxygen atoms in total. The molecule has 5 rings (SSSR count). The fourth-order valence-corrected chi connectivity index (χ4v) is 5.96. The number of urea groups is 1. The van der Waals surface area contributed by atoms with Gasteiger partial charge < -0.3 is 14.8 Å². The average Bonchev–Trinajstić information content (AvgIpc) is 3.49. The quantitative estimate of drug-likeness (QED) is 0.640. The van der Waals surface area contributed by atoms with Crippen molar-refractivity contribution >= 4 is 21.6 Å². The summed E-state index contributed by atoms with van der Waals surface area (Å²) in [6, 6.07) is -0.759. The van der Waals surface area contributed by atoms with Crippen LogP contribution in [0.5, 0.6) is 5.88 Å². The summed E-state index contributed by atoms with van der Waals surface area (Å²) in [4.78, 5) is 18.0. The molecule has 2 aromatic heterocycles. The van der Waals surface area contributed by atoms with Gasteiger partial charge in [-0.25, -0.2) is 18.8 Å². The van der Waals surface area contributed by atoms with Gasteiger partial charge >= 0.3 is 6.03 Å². The third-order valence-electron chi connectivity index (χ3n) is 6.68. The number of hydrogen-bond acceptors (Lipinski definition) is 6. The molecule has 2 aromatic rings. The number of ether oxygens (including phenoxy) is 2. The molecule has 34 heavy (non-hydrogen) atoms. The highest BCUT2D eigenvalue weighted by molar-refractivity contribution is 7.91. The van der Waals surface area contributed by atoms with Crippen LogP contribution in [0, 0.1) is 12.3 Å². The Hall–Kier alpha value is -2.94. The Bertz CT molecular complexity index is 1330. The van der Waals surface area contributed by atoms with Crippen LogP contribution in [0.2, 0.25) is 0 Å². The lowest BCUT2D eigenvalue weighted by atomic mass is 9.90. The summed E-state index contributed by atoms with van der Waals surface area (Å²) in [5, 5.41) is 13.1. The van der Waals surface area contributed by atoms with Crippen LogP contribution < -0.4 is 15.2 Å². The number of rotatable bonds is 4. The van der Waals surface area contributed by atoms with Gasteiger partial charge in [-0.2, -0.15) is 5.10 Å². The van der Waals surface area contributed by atoms with E-state index in [0.29, 0.717) is 6.54 Å². The minimum Gasteiger partial charge on any atom is -0.474 e. The van der Waals surface area contributed by atoms with Gasteiger partial charge in [0.25, 0.3) is 0 Å². The molecule has 0 fully saturated rings. The molecule has 2 unspecified atom stereocenters. The number of terminal acetylenes is 1. The van der Waals surface area contributed by atoms with Crippen molar-refractivity contribution in [3.63, 3.8) is 0 Å². The molecule has 2 amide bonds. The Balaban J connectivity index is 1.42. The van der Waals surface area contributed by atoms with Crippen LogP contribution in [0.15, 0.2) is 15.5 Å². The lowest BCUT2D eigenvalue weighted by Gasteiger charge is -2.24. The van der Waals surface area contributed by atoms with Gasteiger partial charge in [-0.1, -0.05) is 19.8 Å². The van der Waals surface area contributed by atoms with Gasteiger partial charge in [-0.05, 0) is 43.2 Å². The number of nitrogens with zero attached hydrogens (tertiary/aromatic N) is 4. The number of carbonyl (C=O) groups is 1. The number of nitrogens with two attached hydrogens (primary N) is 1. The van der Waals surface area contributed by atoms with Crippen molar-refractivity contribution in [1.29, 1.82) is 0 Å². The van der Waals surface area contributed by atoms with E-state index in [0.717, 1.165) is 60.3 Å². The predicted octanol–water partition coefficient (Wildman–Crippen LogP) is 2.33. The highest BCUT2D eigenvalue weighted by Gasteiger charge is 2.36. The molecule has 3 heterocycles. The number of carbonyl (C=O) groups excluding carboxylic acids is 1. The van der Waals surface area contributed by atoms with Gasteiger partial charge in [0.05, 0.1) is 24.1 Å². The van der Waals surface area contributed by atoms with Gasteiger partial charge in [0.1, 0.15) is 24.2 Å². The zero-order valence-corrected chi connectivity index (χ0v) is 20.1. The minimum atomic E-state index is -3.60. The second kappa shape index (κ2) is 8.37. The summed E-state index contributed by atoms with van der Waals surface area (Å²) in [7, 11) is -3.60. The largest absolute Gasteiger partial charge is 0.474 e. The lowest BCUT2D eigenvalue weighted by molar-refractivity contribution is 0.00163. The molecule has 0 aromatic carbocycles. The van der Waals surface area contributed by atoms with Crippen molar-refractivity contribution in [3.05, 3.63) is 28.7 Å². The molecule has 3 N–H and O–H groups in total. The van der Waals surface area contributed by atoms with Crippen LogP contribution in [0.4, 0.5) is 10.5 Å². The number of anilines is 1. The maximum atomic E-state index is 13.3. The highest BCUT2D eigenvalue weighted by Crippen LogP contribution is 2.44.